The maximum absolute atomic E-state index is 5.97. The van der Waals surface area contributed by atoms with E-state index in [1.165, 1.54) is 44.2 Å². The molecule has 0 amide bonds. The lowest BCUT2D eigenvalue weighted by Gasteiger charge is -2.39. The number of nitrogens with two attached hydrogens (primary N) is 1. The van der Waals surface area contributed by atoms with E-state index in [4.69, 9.17) is 9.47 Å². The van der Waals surface area contributed by atoms with Crippen LogP contribution in [0.3, 0.4) is 0 Å². The van der Waals surface area contributed by atoms with Crippen LogP contribution in [0.5, 0.6) is 5.75 Å². The molecule has 0 saturated carbocycles. The normalized spacial score (nSPS) is 20.5. The molecular weight excluding hydrogens is 346 g/mol. The predicted octanol–water partition coefficient (Wildman–Crippen LogP) is 5.18. The molecule has 160 valence electrons. The molecule has 0 aliphatic carbocycles. The molecule has 2 atom stereocenters. The van der Waals surface area contributed by atoms with Gasteiger partial charge in [0.25, 0.3) is 0 Å². The van der Waals surface area contributed by atoms with Crippen molar-refractivity contribution in [2.24, 2.45) is 17.8 Å². The van der Waals surface area contributed by atoms with E-state index in [9.17, 15) is 0 Å². The minimum absolute atomic E-state index is 0.0581. The first kappa shape index (κ1) is 23.2. The van der Waals surface area contributed by atoms with Gasteiger partial charge in [0.15, 0.2) is 0 Å². The Hall–Kier alpha value is -1.06. The van der Waals surface area contributed by atoms with E-state index in [0.29, 0.717) is 0 Å². The number of benzene rings is 1. The van der Waals surface area contributed by atoms with Crippen molar-refractivity contribution in [3.05, 3.63) is 29.8 Å². The van der Waals surface area contributed by atoms with Crippen LogP contribution in [0.4, 0.5) is 0 Å². The summed E-state index contributed by atoms with van der Waals surface area (Å²) >= 11 is 0. The third-order valence-corrected chi connectivity index (χ3v) is 5.93. The van der Waals surface area contributed by atoms with Crippen molar-refractivity contribution in [2.75, 3.05) is 13.2 Å². The van der Waals surface area contributed by atoms with Crippen molar-refractivity contribution in [1.29, 1.82) is 0 Å². The first-order valence-corrected chi connectivity index (χ1v) is 11.5. The highest BCUT2D eigenvalue weighted by Gasteiger charge is 2.33. The van der Waals surface area contributed by atoms with Crippen molar-refractivity contribution in [2.45, 2.75) is 91.9 Å². The van der Waals surface area contributed by atoms with Gasteiger partial charge in [0, 0.05) is 12.2 Å². The van der Waals surface area contributed by atoms with Gasteiger partial charge in [0.2, 0.25) is 0 Å². The maximum Gasteiger partial charge on any atom is 0.119 e. The van der Waals surface area contributed by atoms with Crippen LogP contribution in [0.1, 0.15) is 79.2 Å². The third-order valence-electron chi connectivity index (χ3n) is 5.93. The second-order valence-corrected chi connectivity index (χ2v) is 9.97. The molecule has 3 heteroatoms. The lowest BCUT2D eigenvalue weighted by Crippen LogP contribution is -2.82. The molecule has 1 aliphatic rings. The fourth-order valence-electron chi connectivity index (χ4n) is 4.42. The van der Waals surface area contributed by atoms with E-state index in [1.807, 2.05) is 0 Å². The number of ether oxygens (including phenoxy) is 2. The molecular formula is C25H44NO2+. The highest BCUT2D eigenvalue weighted by atomic mass is 16.5. The third kappa shape index (κ3) is 8.53. The van der Waals surface area contributed by atoms with Crippen molar-refractivity contribution in [1.82, 2.24) is 0 Å². The molecule has 1 saturated heterocycles. The van der Waals surface area contributed by atoms with Crippen LogP contribution >= 0.6 is 0 Å². The molecule has 1 aliphatic heterocycles. The number of rotatable bonds is 11. The predicted molar refractivity (Wildman–Crippen MR) is 118 cm³/mol. The fourth-order valence-corrected chi connectivity index (χ4v) is 4.42. The van der Waals surface area contributed by atoms with Crippen LogP contribution in [0, 0.1) is 17.8 Å². The molecule has 0 radical (unpaired) electrons. The molecule has 1 fully saturated rings. The van der Waals surface area contributed by atoms with E-state index < -0.39 is 0 Å². The Morgan fingerprint density at radius 3 is 2.39 bits per heavy atom. The summed E-state index contributed by atoms with van der Waals surface area (Å²) in [6.07, 6.45) is 6.72. The lowest BCUT2D eigenvalue weighted by atomic mass is 9.75. The smallest absolute Gasteiger partial charge is 0.119 e. The molecule has 2 N–H and O–H groups in total. The quantitative estimate of drug-likeness (QED) is 0.528. The molecule has 0 spiro atoms. The Labute approximate surface area is 173 Å². The van der Waals surface area contributed by atoms with Gasteiger partial charge >= 0.3 is 0 Å². The standard InChI is InChI=1S/C25H43NO2/c1-19(2)7-10-22(23-14-16-27-25(5,6)17-23)13-15-26-18-21-8-11-24(12-9-21)28-20(3)4/h8-9,11-12,19-20,22-23,26H,7,10,13-18H2,1-6H3/p+1/t22-,23-/m0/s1. The summed E-state index contributed by atoms with van der Waals surface area (Å²) in [6, 6.07) is 8.59. The van der Waals surface area contributed by atoms with Gasteiger partial charge in [-0.1, -0.05) is 20.3 Å². The van der Waals surface area contributed by atoms with Gasteiger partial charge in [-0.25, -0.2) is 0 Å². The van der Waals surface area contributed by atoms with Gasteiger partial charge in [0.1, 0.15) is 12.3 Å². The zero-order valence-electron chi connectivity index (χ0n) is 19.2. The van der Waals surface area contributed by atoms with Crippen molar-refractivity contribution in [3.63, 3.8) is 0 Å². The topological polar surface area (TPSA) is 35.1 Å². The second-order valence-electron chi connectivity index (χ2n) is 9.97. The van der Waals surface area contributed by atoms with E-state index in [0.717, 1.165) is 36.7 Å². The average molecular weight is 391 g/mol. The van der Waals surface area contributed by atoms with E-state index in [-0.39, 0.29) is 11.7 Å². The number of hydrogen-bond donors (Lipinski definition) is 1. The first-order chi connectivity index (χ1) is 13.2. The summed E-state index contributed by atoms with van der Waals surface area (Å²) in [5, 5.41) is 2.48. The van der Waals surface area contributed by atoms with Crippen LogP contribution in [-0.2, 0) is 11.3 Å². The lowest BCUT2D eigenvalue weighted by molar-refractivity contribution is -0.671. The van der Waals surface area contributed by atoms with Crippen molar-refractivity contribution in [3.8, 4) is 5.75 Å². The SMILES string of the molecule is CC(C)CC[C@@H](CC[NH2+]Cc1ccc(OC(C)C)cc1)[C@H]1CCOC(C)(C)C1. The number of hydrogen-bond acceptors (Lipinski definition) is 2. The van der Waals surface area contributed by atoms with E-state index in [2.05, 4.69) is 71.1 Å². The van der Waals surface area contributed by atoms with Gasteiger partial charge in [0.05, 0.1) is 18.2 Å². The summed E-state index contributed by atoms with van der Waals surface area (Å²) in [4.78, 5) is 0. The monoisotopic (exact) mass is 390 g/mol. The van der Waals surface area contributed by atoms with Gasteiger partial charge in [-0.15, -0.1) is 0 Å². The fraction of sp³-hybridized carbons (Fsp3) is 0.760. The Balaban J connectivity index is 1.80. The Kier molecular flexibility index (Phi) is 9.30. The van der Waals surface area contributed by atoms with Gasteiger partial charge in [-0.2, -0.15) is 0 Å². The summed E-state index contributed by atoms with van der Waals surface area (Å²) in [5.41, 5.74) is 1.43. The van der Waals surface area contributed by atoms with Crippen LogP contribution in [0.25, 0.3) is 0 Å². The molecule has 1 aromatic rings. The van der Waals surface area contributed by atoms with Crippen molar-refractivity contribution >= 4 is 0 Å². The highest BCUT2D eigenvalue weighted by Crippen LogP contribution is 2.37. The molecule has 2 rings (SSSR count). The van der Waals surface area contributed by atoms with Gasteiger partial charge in [-0.3, -0.25) is 0 Å². The van der Waals surface area contributed by atoms with Crippen LogP contribution in [0.2, 0.25) is 0 Å². The Bertz CT molecular complexity index is 550. The van der Waals surface area contributed by atoms with Crippen LogP contribution in [0.15, 0.2) is 24.3 Å². The Morgan fingerprint density at radius 2 is 1.79 bits per heavy atom. The minimum atomic E-state index is 0.0581. The molecule has 0 aromatic heterocycles. The van der Waals surface area contributed by atoms with E-state index in [1.54, 1.807) is 0 Å². The molecule has 0 bridgehead atoms. The van der Waals surface area contributed by atoms with Crippen LogP contribution < -0.4 is 10.1 Å². The zero-order valence-corrected chi connectivity index (χ0v) is 19.2. The van der Waals surface area contributed by atoms with E-state index >= 15 is 0 Å². The van der Waals surface area contributed by atoms with Crippen molar-refractivity contribution < 1.29 is 14.8 Å². The van der Waals surface area contributed by atoms with Gasteiger partial charge in [-0.05, 0) is 95.4 Å². The number of quaternary nitrogens is 1. The second kappa shape index (κ2) is 11.2. The largest absolute Gasteiger partial charge is 0.491 e. The summed E-state index contributed by atoms with van der Waals surface area (Å²) in [6.45, 7) is 16.6. The molecule has 0 unspecified atom stereocenters. The van der Waals surface area contributed by atoms with Crippen LogP contribution in [-0.4, -0.2) is 24.9 Å². The molecule has 1 heterocycles. The van der Waals surface area contributed by atoms with Gasteiger partial charge < -0.3 is 14.8 Å². The average Bonchev–Trinajstić information content (AvgIpc) is 2.61. The maximum atomic E-state index is 5.97. The summed E-state index contributed by atoms with van der Waals surface area (Å²) in [7, 11) is 0. The highest BCUT2D eigenvalue weighted by molar-refractivity contribution is 5.26. The Morgan fingerprint density at radius 1 is 1.07 bits per heavy atom. The minimum Gasteiger partial charge on any atom is -0.491 e. The summed E-state index contributed by atoms with van der Waals surface area (Å²) in [5.74, 6) is 3.42. The molecule has 28 heavy (non-hydrogen) atoms. The summed E-state index contributed by atoms with van der Waals surface area (Å²) < 4.78 is 11.7. The molecule has 3 nitrogen and oxygen atoms in total. The zero-order chi connectivity index (χ0) is 20.6. The first-order valence-electron chi connectivity index (χ1n) is 11.5. The molecule has 1 aromatic carbocycles.